The minimum absolute atomic E-state index is 0.121. The van der Waals surface area contributed by atoms with Crippen LogP contribution in [0.25, 0.3) is 0 Å². The number of hydrogen-bond donors (Lipinski definition) is 1. The number of halogens is 1. The summed E-state index contributed by atoms with van der Waals surface area (Å²) in [7, 11) is 1.66. The monoisotopic (exact) mass is 277 g/mol. The lowest BCUT2D eigenvalue weighted by atomic mass is 10.2. The van der Waals surface area contributed by atoms with Crippen molar-refractivity contribution in [3.8, 4) is 0 Å². The number of aromatic nitrogens is 2. The van der Waals surface area contributed by atoms with Crippen LogP contribution in [0.4, 0.5) is 16.0 Å². The largest absolute Gasteiger partial charge is 0.383 e. The van der Waals surface area contributed by atoms with E-state index in [1.165, 1.54) is 6.07 Å². The number of aryl methyl sites for hydroxylation is 2. The zero-order valence-corrected chi connectivity index (χ0v) is 12.3. The Labute approximate surface area is 118 Å². The minimum Gasteiger partial charge on any atom is -0.383 e. The van der Waals surface area contributed by atoms with Gasteiger partial charge < -0.3 is 14.6 Å². The Morgan fingerprint density at radius 1 is 1.40 bits per heavy atom. The van der Waals surface area contributed by atoms with Crippen molar-refractivity contribution < 1.29 is 9.13 Å². The van der Waals surface area contributed by atoms with E-state index in [0.717, 1.165) is 11.3 Å². The third-order valence-corrected chi connectivity index (χ3v) is 3.19. The average molecular weight is 277 g/mol. The van der Waals surface area contributed by atoms with Crippen LogP contribution in [-0.4, -0.2) is 23.3 Å². The van der Waals surface area contributed by atoms with Gasteiger partial charge in [-0.15, -0.1) is 0 Å². The van der Waals surface area contributed by atoms with E-state index in [9.17, 15) is 4.39 Å². The van der Waals surface area contributed by atoms with E-state index in [-0.39, 0.29) is 11.9 Å². The number of nitrogens with one attached hydrogen (secondary N) is 1. The predicted molar refractivity (Wildman–Crippen MR) is 78.0 cm³/mol. The van der Waals surface area contributed by atoms with Crippen LogP contribution in [0.3, 0.4) is 0 Å². The molecule has 0 saturated carbocycles. The molecule has 20 heavy (non-hydrogen) atoms. The van der Waals surface area contributed by atoms with Crippen LogP contribution >= 0.6 is 0 Å². The number of para-hydroxylation sites is 1. The highest BCUT2D eigenvalue weighted by atomic mass is 19.1. The van der Waals surface area contributed by atoms with Crippen molar-refractivity contribution in [2.75, 3.05) is 19.0 Å². The van der Waals surface area contributed by atoms with Crippen molar-refractivity contribution in [3.63, 3.8) is 0 Å². The molecule has 2 rings (SSSR count). The van der Waals surface area contributed by atoms with Crippen molar-refractivity contribution in [1.82, 2.24) is 9.55 Å². The third kappa shape index (κ3) is 2.99. The molecular formula is C15H20FN3O. The molecule has 0 aliphatic carbocycles. The first-order valence-corrected chi connectivity index (χ1v) is 6.59. The number of benzene rings is 1. The average Bonchev–Trinajstić information content (AvgIpc) is 2.75. The first-order chi connectivity index (χ1) is 9.52. The van der Waals surface area contributed by atoms with E-state index < -0.39 is 0 Å². The number of ether oxygens (including phenoxy) is 1. The van der Waals surface area contributed by atoms with Gasteiger partial charge in [-0.25, -0.2) is 9.37 Å². The van der Waals surface area contributed by atoms with E-state index in [1.54, 1.807) is 13.2 Å². The molecule has 5 heteroatoms. The summed E-state index contributed by atoms with van der Waals surface area (Å²) < 4.78 is 21.0. The number of imidazole rings is 1. The highest BCUT2D eigenvalue weighted by Gasteiger charge is 2.14. The van der Waals surface area contributed by atoms with Gasteiger partial charge in [0.05, 0.1) is 24.0 Å². The van der Waals surface area contributed by atoms with Crippen molar-refractivity contribution in [3.05, 3.63) is 41.5 Å². The Morgan fingerprint density at radius 3 is 2.80 bits per heavy atom. The Kier molecular flexibility index (Phi) is 4.39. The quantitative estimate of drug-likeness (QED) is 0.907. The Balaban J connectivity index is 2.34. The number of nitrogens with zero attached hydrogens (tertiary/aromatic N) is 2. The van der Waals surface area contributed by atoms with Crippen molar-refractivity contribution in [1.29, 1.82) is 0 Å². The van der Waals surface area contributed by atoms with E-state index in [1.807, 2.05) is 37.6 Å². The number of methoxy groups -OCH3 is 1. The van der Waals surface area contributed by atoms with Gasteiger partial charge in [-0.3, -0.25) is 0 Å². The van der Waals surface area contributed by atoms with E-state index in [2.05, 4.69) is 10.3 Å². The Hall–Kier alpha value is -1.88. The van der Waals surface area contributed by atoms with Gasteiger partial charge in [-0.1, -0.05) is 12.1 Å². The van der Waals surface area contributed by atoms with Crippen LogP contribution in [0.2, 0.25) is 0 Å². The third-order valence-electron chi connectivity index (χ3n) is 3.19. The highest BCUT2D eigenvalue weighted by Crippen LogP contribution is 2.25. The second-order valence-corrected chi connectivity index (χ2v) is 4.97. The summed E-state index contributed by atoms with van der Waals surface area (Å²) in [5, 5.41) is 3.09. The lowest BCUT2D eigenvalue weighted by Gasteiger charge is -2.17. The lowest BCUT2D eigenvalue weighted by Crippen LogP contribution is -2.13. The summed E-state index contributed by atoms with van der Waals surface area (Å²) in [5.74, 6) is 0.344. The molecule has 108 valence electrons. The summed E-state index contributed by atoms with van der Waals surface area (Å²) in [6.45, 7) is 6.38. The fourth-order valence-electron chi connectivity index (χ4n) is 2.17. The number of anilines is 2. The van der Waals surface area contributed by atoms with Crippen LogP contribution in [0, 0.1) is 19.7 Å². The molecule has 1 atom stereocenters. The maximum Gasteiger partial charge on any atom is 0.207 e. The summed E-state index contributed by atoms with van der Waals surface area (Å²) >= 11 is 0. The normalized spacial score (nSPS) is 12.4. The summed E-state index contributed by atoms with van der Waals surface area (Å²) in [6, 6.07) is 5.12. The summed E-state index contributed by atoms with van der Waals surface area (Å²) in [4.78, 5) is 4.42. The molecule has 4 nitrogen and oxygen atoms in total. The van der Waals surface area contributed by atoms with Gasteiger partial charge in [0.15, 0.2) is 0 Å². The van der Waals surface area contributed by atoms with Gasteiger partial charge in [-0.05, 0) is 32.4 Å². The second kappa shape index (κ2) is 6.05. The smallest absolute Gasteiger partial charge is 0.207 e. The molecule has 1 aromatic carbocycles. The summed E-state index contributed by atoms with van der Waals surface area (Å²) in [5.41, 5.74) is 2.19. The molecule has 1 unspecified atom stereocenters. The summed E-state index contributed by atoms with van der Waals surface area (Å²) in [6.07, 6.45) is 1.93. The van der Waals surface area contributed by atoms with Crippen molar-refractivity contribution in [2.45, 2.75) is 26.8 Å². The molecule has 0 radical (unpaired) electrons. The molecule has 1 N–H and O–H groups in total. The number of hydrogen-bond acceptors (Lipinski definition) is 3. The first kappa shape index (κ1) is 14.5. The van der Waals surface area contributed by atoms with Gasteiger partial charge in [0.1, 0.15) is 5.82 Å². The molecular weight excluding hydrogens is 257 g/mol. The molecule has 0 amide bonds. The van der Waals surface area contributed by atoms with Crippen LogP contribution in [0.5, 0.6) is 0 Å². The molecule has 2 aromatic rings. The van der Waals surface area contributed by atoms with Crippen LogP contribution < -0.4 is 5.32 Å². The number of rotatable bonds is 5. The molecule has 1 aromatic heterocycles. The van der Waals surface area contributed by atoms with Gasteiger partial charge >= 0.3 is 0 Å². The van der Waals surface area contributed by atoms with E-state index in [4.69, 9.17) is 4.74 Å². The topological polar surface area (TPSA) is 39.1 Å². The molecule has 0 bridgehead atoms. The molecule has 0 fully saturated rings. The maximum atomic E-state index is 13.9. The van der Waals surface area contributed by atoms with E-state index >= 15 is 0 Å². The van der Waals surface area contributed by atoms with Gasteiger partial charge in [0.25, 0.3) is 0 Å². The van der Waals surface area contributed by atoms with Gasteiger partial charge in [0, 0.05) is 13.3 Å². The van der Waals surface area contributed by atoms with Crippen molar-refractivity contribution in [2.24, 2.45) is 0 Å². The molecule has 0 aliphatic heterocycles. The fourth-order valence-corrected chi connectivity index (χ4v) is 2.17. The van der Waals surface area contributed by atoms with E-state index in [0.29, 0.717) is 18.2 Å². The van der Waals surface area contributed by atoms with Crippen molar-refractivity contribution >= 4 is 11.6 Å². The second-order valence-electron chi connectivity index (χ2n) is 4.97. The fraction of sp³-hybridized carbons (Fsp3) is 0.400. The zero-order valence-electron chi connectivity index (χ0n) is 12.3. The molecule has 0 saturated heterocycles. The lowest BCUT2D eigenvalue weighted by molar-refractivity contribution is 0.163. The van der Waals surface area contributed by atoms with Gasteiger partial charge in [-0.2, -0.15) is 0 Å². The van der Waals surface area contributed by atoms with Crippen LogP contribution in [-0.2, 0) is 4.74 Å². The predicted octanol–water partition coefficient (Wildman–Crippen LogP) is 3.59. The first-order valence-electron chi connectivity index (χ1n) is 6.59. The van der Waals surface area contributed by atoms with Crippen LogP contribution in [0.1, 0.15) is 24.2 Å². The maximum absolute atomic E-state index is 13.9. The van der Waals surface area contributed by atoms with Crippen LogP contribution in [0.15, 0.2) is 24.4 Å². The highest BCUT2D eigenvalue weighted by molar-refractivity contribution is 5.59. The molecule has 1 heterocycles. The molecule has 0 aliphatic rings. The molecule has 0 spiro atoms. The zero-order chi connectivity index (χ0) is 14.7. The Bertz CT molecular complexity index is 575. The standard InChI is InChI=1S/C15H20FN3O/c1-10-6-5-7-13(16)14(10)18-15-17-11(2)8-19(15)12(3)9-20-4/h5-8,12H,9H2,1-4H3,(H,17,18). The minimum atomic E-state index is -0.281. The SMILES string of the molecule is COCC(C)n1cc(C)nc1Nc1c(C)cccc1F. The van der Waals surface area contributed by atoms with Gasteiger partial charge in [0.2, 0.25) is 5.95 Å². The Morgan fingerprint density at radius 2 is 2.15 bits per heavy atom.